The summed E-state index contributed by atoms with van der Waals surface area (Å²) in [6.07, 6.45) is 0. The number of nitrogens with one attached hydrogen (secondary N) is 2. The number of carbonyl (C=O) groups is 1. The lowest BCUT2D eigenvalue weighted by Gasteiger charge is -2.09. The lowest BCUT2D eigenvalue weighted by atomic mass is 10.2. The summed E-state index contributed by atoms with van der Waals surface area (Å²) in [5, 5.41) is 5.08. The van der Waals surface area contributed by atoms with Crippen LogP contribution in [0.5, 0.6) is 0 Å². The first-order valence-electron chi connectivity index (χ1n) is 6.10. The summed E-state index contributed by atoms with van der Waals surface area (Å²) in [7, 11) is 0. The predicted molar refractivity (Wildman–Crippen MR) is 74.7 cm³/mol. The average molecular weight is 276 g/mol. The van der Waals surface area contributed by atoms with Crippen molar-refractivity contribution < 1.29 is 13.6 Å². The molecule has 2 rings (SSSR count). The Balaban J connectivity index is 1.94. The van der Waals surface area contributed by atoms with Crippen molar-refractivity contribution in [1.82, 2.24) is 0 Å². The molecule has 0 saturated carbocycles. The molecule has 1 amide bonds. The van der Waals surface area contributed by atoms with Crippen molar-refractivity contribution in [3.63, 3.8) is 0 Å². The number of amides is 1. The van der Waals surface area contributed by atoms with Crippen LogP contribution >= 0.6 is 0 Å². The predicted octanol–water partition coefficient (Wildman–Crippen LogP) is 3.32. The van der Waals surface area contributed by atoms with Gasteiger partial charge in [-0.05, 0) is 36.8 Å². The lowest BCUT2D eigenvalue weighted by molar-refractivity contribution is -0.114. The molecule has 2 aromatic rings. The Hall–Kier alpha value is -2.43. The fraction of sp³-hybridized carbons (Fsp3) is 0.133. The molecule has 0 unspecified atom stereocenters. The van der Waals surface area contributed by atoms with Crippen LogP contribution in [0.4, 0.5) is 20.2 Å². The van der Waals surface area contributed by atoms with Crippen molar-refractivity contribution in [2.45, 2.75) is 6.92 Å². The minimum absolute atomic E-state index is 0.101. The number of hydrogen-bond acceptors (Lipinski definition) is 2. The molecule has 3 nitrogen and oxygen atoms in total. The van der Waals surface area contributed by atoms with Crippen molar-refractivity contribution in [3.05, 3.63) is 59.7 Å². The van der Waals surface area contributed by atoms with Crippen LogP contribution in [0.2, 0.25) is 0 Å². The van der Waals surface area contributed by atoms with Gasteiger partial charge in [-0.2, -0.15) is 0 Å². The Kier molecular flexibility index (Phi) is 4.30. The van der Waals surface area contributed by atoms with Gasteiger partial charge >= 0.3 is 0 Å². The van der Waals surface area contributed by atoms with E-state index < -0.39 is 17.5 Å². The third kappa shape index (κ3) is 3.54. The molecule has 0 saturated heterocycles. The van der Waals surface area contributed by atoms with Gasteiger partial charge in [-0.15, -0.1) is 0 Å². The second-order valence-electron chi connectivity index (χ2n) is 4.36. The van der Waals surface area contributed by atoms with Crippen LogP contribution < -0.4 is 10.6 Å². The van der Waals surface area contributed by atoms with Crippen molar-refractivity contribution in [3.8, 4) is 0 Å². The van der Waals surface area contributed by atoms with E-state index in [1.54, 1.807) is 25.1 Å². The second-order valence-corrected chi connectivity index (χ2v) is 4.36. The van der Waals surface area contributed by atoms with Crippen LogP contribution in [0.1, 0.15) is 5.56 Å². The molecule has 0 heterocycles. The zero-order chi connectivity index (χ0) is 14.5. The van der Waals surface area contributed by atoms with Crippen LogP contribution in [0.25, 0.3) is 0 Å². The van der Waals surface area contributed by atoms with Gasteiger partial charge in [0.05, 0.1) is 17.9 Å². The van der Waals surface area contributed by atoms with E-state index in [4.69, 9.17) is 0 Å². The first kappa shape index (κ1) is 14.0. The van der Waals surface area contributed by atoms with E-state index >= 15 is 0 Å². The van der Waals surface area contributed by atoms with Gasteiger partial charge in [-0.25, -0.2) is 8.78 Å². The van der Waals surface area contributed by atoms with Gasteiger partial charge in [-0.1, -0.05) is 18.2 Å². The van der Waals surface area contributed by atoms with Crippen LogP contribution in [0.15, 0.2) is 42.5 Å². The smallest absolute Gasteiger partial charge is 0.243 e. The Labute approximate surface area is 115 Å². The fourth-order valence-corrected chi connectivity index (χ4v) is 1.70. The van der Waals surface area contributed by atoms with Crippen molar-refractivity contribution in [1.29, 1.82) is 0 Å². The highest BCUT2D eigenvalue weighted by Gasteiger charge is 2.07. The van der Waals surface area contributed by atoms with E-state index in [1.807, 2.05) is 0 Å². The Morgan fingerprint density at radius 1 is 1.05 bits per heavy atom. The highest BCUT2D eigenvalue weighted by molar-refractivity contribution is 5.93. The Morgan fingerprint density at radius 2 is 1.80 bits per heavy atom. The van der Waals surface area contributed by atoms with E-state index in [1.165, 1.54) is 24.3 Å². The zero-order valence-corrected chi connectivity index (χ0v) is 10.9. The highest BCUT2D eigenvalue weighted by atomic mass is 19.1. The molecular weight excluding hydrogens is 262 g/mol. The SMILES string of the molecule is Cc1ccc(NCC(=O)Nc2ccccc2F)c(F)c1. The molecule has 0 spiro atoms. The normalized spacial score (nSPS) is 10.2. The molecule has 2 aromatic carbocycles. The molecule has 5 heteroatoms. The van der Waals surface area contributed by atoms with Crippen molar-refractivity contribution >= 4 is 17.3 Å². The number of hydrogen-bond donors (Lipinski definition) is 2. The molecule has 2 N–H and O–H groups in total. The summed E-state index contributed by atoms with van der Waals surface area (Å²) >= 11 is 0. The topological polar surface area (TPSA) is 41.1 Å². The molecule has 104 valence electrons. The molecule has 20 heavy (non-hydrogen) atoms. The van der Waals surface area contributed by atoms with Crippen molar-refractivity contribution in [2.24, 2.45) is 0 Å². The van der Waals surface area contributed by atoms with Crippen LogP contribution in [0, 0.1) is 18.6 Å². The van der Waals surface area contributed by atoms with Crippen LogP contribution in [-0.4, -0.2) is 12.5 Å². The molecule has 0 atom stereocenters. The number of benzene rings is 2. The highest BCUT2D eigenvalue weighted by Crippen LogP contribution is 2.15. The molecule has 0 aliphatic rings. The Bertz CT molecular complexity index is 629. The molecule has 0 radical (unpaired) electrons. The summed E-state index contributed by atoms with van der Waals surface area (Å²) < 4.78 is 26.9. The van der Waals surface area contributed by atoms with Gasteiger partial charge in [0.15, 0.2) is 0 Å². The first-order valence-corrected chi connectivity index (χ1v) is 6.10. The maximum absolute atomic E-state index is 13.5. The van der Waals surface area contributed by atoms with Crippen molar-refractivity contribution in [2.75, 3.05) is 17.2 Å². The van der Waals surface area contributed by atoms with Gasteiger partial charge in [0.25, 0.3) is 0 Å². The van der Waals surface area contributed by atoms with E-state index in [9.17, 15) is 13.6 Å². The largest absolute Gasteiger partial charge is 0.374 e. The fourth-order valence-electron chi connectivity index (χ4n) is 1.70. The van der Waals surface area contributed by atoms with Gasteiger partial charge in [0.2, 0.25) is 5.91 Å². The number of rotatable bonds is 4. The first-order chi connectivity index (χ1) is 9.56. The molecule has 0 aliphatic heterocycles. The third-order valence-electron chi connectivity index (χ3n) is 2.71. The molecule has 0 fully saturated rings. The summed E-state index contributed by atoms with van der Waals surface area (Å²) in [6.45, 7) is 1.63. The summed E-state index contributed by atoms with van der Waals surface area (Å²) in [5.74, 6) is -1.39. The van der Waals surface area contributed by atoms with Gasteiger partial charge in [0.1, 0.15) is 11.6 Å². The standard InChI is InChI=1S/C15H14F2N2O/c1-10-6-7-13(12(17)8-10)18-9-15(20)19-14-5-3-2-4-11(14)16/h2-8,18H,9H2,1H3,(H,19,20). The van der Waals surface area contributed by atoms with Gasteiger partial charge in [0, 0.05) is 0 Å². The molecule has 0 aliphatic carbocycles. The molecular formula is C15H14F2N2O. The maximum atomic E-state index is 13.5. The van der Waals surface area contributed by atoms with Crippen LogP contribution in [-0.2, 0) is 4.79 Å². The number of halogens is 2. The third-order valence-corrected chi connectivity index (χ3v) is 2.71. The number of aryl methyl sites for hydroxylation is 1. The number of para-hydroxylation sites is 1. The second kappa shape index (κ2) is 6.14. The average Bonchev–Trinajstić information content (AvgIpc) is 2.40. The lowest BCUT2D eigenvalue weighted by Crippen LogP contribution is -2.22. The summed E-state index contributed by atoms with van der Waals surface area (Å²) in [6, 6.07) is 10.5. The number of carbonyl (C=O) groups excluding carboxylic acids is 1. The van der Waals surface area contributed by atoms with Gasteiger partial charge in [-0.3, -0.25) is 4.79 Å². The van der Waals surface area contributed by atoms with Gasteiger partial charge < -0.3 is 10.6 Å². The van der Waals surface area contributed by atoms with E-state index in [-0.39, 0.29) is 17.9 Å². The Morgan fingerprint density at radius 3 is 2.50 bits per heavy atom. The molecule has 0 aromatic heterocycles. The zero-order valence-electron chi connectivity index (χ0n) is 10.9. The monoisotopic (exact) mass is 276 g/mol. The minimum atomic E-state index is -0.512. The van der Waals surface area contributed by atoms with Crippen LogP contribution in [0.3, 0.4) is 0 Å². The quantitative estimate of drug-likeness (QED) is 0.899. The summed E-state index contributed by atoms with van der Waals surface area (Å²) in [4.78, 5) is 11.7. The molecule has 0 bridgehead atoms. The van der Waals surface area contributed by atoms with E-state index in [0.29, 0.717) is 0 Å². The van der Waals surface area contributed by atoms with E-state index in [0.717, 1.165) is 5.56 Å². The summed E-state index contributed by atoms with van der Waals surface area (Å²) in [5.41, 5.74) is 1.13. The van der Waals surface area contributed by atoms with E-state index in [2.05, 4.69) is 10.6 Å². The minimum Gasteiger partial charge on any atom is -0.374 e. The number of anilines is 2. The maximum Gasteiger partial charge on any atom is 0.243 e.